The summed E-state index contributed by atoms with van der Waals surface area (Å²) in [6.45, 7) is 5.63. The molecule has 1 spiro atoms. The number of nitrogens with zero attached hydrogens (tertiary/aromatic N) is 1. The van der Waals surface area contributed by atoms with E-state index in [0.717, 1.165) is 25.5 Å². The van der Waals surface area contributed by atoms with E-state index in [2.05, 4.69) is 4.90 Å². The van der Waals surface area contributed by atoms with Crippen molar-refractivity contribution in [3.63, 3.8) is 0 Å². The molecular formula is C8H14ClNO. The number of likely N-dealkylation sites (tertiary alicyclic amines) is 1. The molecule has 0 saturated carbocycles. The summed E-state index contributed by atoms with van der Waals surface area (Å²) in [5.74, 6) is 0.792. The molecule has 0 unspecified atom stereocenters. The lowest BCUT2D eigenvalue weighted by atomic mass is 9.78. The van der Waals surface area contributed by atoms with E-state index < -0.39 is 0 Å². The number of ether oxygens (including phenoxy) is 1. The van der Waals surface area contributed by atoms with Crippen molar-refractivity contribution >= 4 is 11.6 Å². The van der Waals surface area contributed by atoms with Gasteiger partial charge in [-0.3, -0.25) is 0 Å². The van der Waals surface area contributed by atoms with Crippen LogP contribution in [0.2, 0.25) is 0 Å². The van der Waals surface area contributed by atoms with Crippen molar-refractivity contribution in [1.82, 2.24) is 4.90 Å². The van der Waals surface area contributed by atoms with Gasteiger partial charge in [-0.2, -0.15) is 0 Å². The number of alkyl halides is 1. The predicted octanol–water partition coefficient (Wildman–Crippen LogP) is 0.948. The molecule has 0 amide bonds. The first kappa shape index (κ1) is 7.84. The van der Waals surface area contributed by atoms with Crippen LogP contribution < -0.4 is 0 Å². The zero-order valence-corrected chi connectivity index (χ0v) is 7.44. The van der Waals surface area contributed by atoms with Crippen LogP contribution >= 0.6 is 11.6 Å². The van der Waals surface area contributed by atoms with Crippen LogP contribution in [0.5, 0.6) is 0 Å². The molecule has 0 aromatic rings. The van der Waals surface area contributed by atoms with E-state index in [-0.39, 0.29) is 0 Å². The molecule has 3 heteroatoms. The van der Waals surface area contributed by atoms with Crippen LogP contribution in [0.1, 0.15) is 6.42 Å². The Hall–Kier alpha value is 0.210. The molecule has 11 heavy (non-hydrogen) atoms. The summed E-state index contributed by atoms with van der Waals surface area (Å²) in [5, 5.41) is 0. The van der Waals surface area contributed by atoms with Gasteiger partial charge in [0.2, 0.25) is 0 Å². The monoisotopic (exact) mass is 175 g/mol. The molecule has 0 aromatic carbocycles. The van der Waals surface area contributed by atoms with Gasteiger partial charge >= 0.3 is 0 Å². The van der Waals surface area contributed by atoms with Crippen molar-refractivity contribution < 1.29 is 4.74 Å². The summed E-state index contributed by atoms with van der Waals surface area (Å²) in [5.41, 5.74) is 0.576. The highest BCUT2D eigenvalue weighted by molar-refractivity contribution is 6.17. The molecule has 2 saturated heterocycles. The van der Waals surface area contributed by atoms with Gasteiger partial charge in [-0.15, -0.1) is 11.6 Å². The highest BCUT2D eigenvalue weighted by Crippen LogP contribution is 2.37. The number of rotatable bonds is 3. The molecule has 0 aromatic heterocycles. The molecule has 2 aliphatic rings. The molecule has 0 atom stereocenters. The molecule has 2 rings (SSSR count). The third-order valence-electron chi connectivity index (χ3n) is 2.54. The van der Waals surface area contributed by atoms with E-state index in [9.17, 15) is 0 Å². The van der Waals surface area contributed by atoms with Gasteiger partial charge in [0.05, 0.1) is 13.2 Å². The molecule has 2 nitrogen and oxygen atoms in total. The molecule has 2 fully saturated rings. The second kappa shape index (κ2) is 2.92. The van der Waals surface area contributed by atoms with E-state index in [1.165, 1.54) is 19.6 Å². The van der Waals surface area contributed by atoms with E-state index in [1.54, 1.807) is 0 Å². The lowest BCUT2D eigenvalue weighted by Gasteiger charge is -2.55. The van der Waals surface area contributed by atoms with E-state index in [1.807, 2.05) is 0 Å². The van der Waals surface area contributed by atoms with Crippen LogP contribution in [0.3, 0.4) is 0 Å². The first-order chi connectivity index (χ1) is 5.35. The minimum atomic E-state index is 0.576. The van der Waals surface area contributed by atoms with Gasteiger partial charge in [-0.1, -0.05) is 0 Å². The Kier molecular flexibility index (Phi) is 2.08. The smallest absolute Gasteiger partial charge is 0.0569 e. The van der Waals surface area contributed by atoms with Crippen molar-refractivity contribution in [3.8, 4) is 0 Å². The summed E-state index contributed by atoms with van der Waals surface area (Å²) in [4.78, 5) is 2.46. The third kappa shape index (κ3) is 1.40. The SMILES string of the molecule is ClCCCN1CC2(COC2)C1. The maximum absolute atomic E-state index is 5.59. The summed E-state index contributed by atoms with van der Waals surface area (Å²) in [6.07, 6.45) is 1.12. The first-order valence-electron chi connectivity index (χ1n) is 4.21. The summed E-state index contributed by atoms with van der Waals surface area (Å²) >= 11 is 5.59. The van der Waals surface area contributed by atoms with Gasteiger partial charge in [-0.05, 0) is 13.0 Å². The van der Waals surface area contributed by atoms with Gasteiger partial charge in [-0.25, -0.2) is 0 Å². The molecule has 64 valence electrons. The van der Waals surface area contributed by atoms with Crippen molar-refractivity contribution in [3.05, 3.63) is 0 Å². The molecule has 2 aliphatic heterocycles. The standard InChI is InChI=1S/C8H14ClNO/c9-2-1-3-10-4-8(5-10)6-11-7-8/h1-7H2. The van der Waals surface area contributed by atoms with Crippen LogP contribution in [-0.4, -0.2) is 43.6 Å². The van der Waals surface area contributed by atoms with E-state index in [0.29, 0.717) is 5.41 Å². The molecule has 0 aliphatic carbocycles. The molecule has 0 bridgehead atoms. The Bertz CT molecular complexity index is 139. The summed E-state index contributed by atoms with van der Waals surface area (Å²) in [6, 6.07) is 0. The fourth-order valence-electron chi connectivity index (χ4n) is 1.92. The Morgan fingerprint density at radius 1 is 1.36 bits per heavy atom. The minimum Gasteiger partial charge on any atom is -0.380 e. The number of hydrogen-bond acceptors (Lipinski definition) is 2. The Morgan fingerprint density at radius 3 is 2.55 bits per heavy atom. The zero-order chi connectivity index (χ0) is 7.73. The van der Waals surface area contributed by atoms with Crippen molar-refractivity contribution in [2.75, 3.05) is 38.7 Å². The zero-order valence-electron chi connectivity index (χ0n) is 6.68. The quantitative estimate of drug-likeness (QED) is 0.593. The van der Waals surface area contributed by atoms with Crippen molar-refractivity contribution in [2.45, 2.75) is 6.42 Å². The van der Waals surface area contributed by atoms with Gasteiger partial charge in [0, 0.05) is 24.4 Å². The Balaban J connectivity index is 1.63. The largest absolute Gasteiger partial charge is 0.380 e. The maximum atomic E-state index is 5.59. The average molecular weight is 176 g/mol. The lowest BCUT2D eigenvalue weighted by molar-refractivity contribution is -0.188. The minimum absolute atomic E-state index is 0.576. The fourth-order valence-corrected chi connectivity index (χ4v) is 2.04. The predicted molar refractivity (Wildman–Crippen MR) is 45.0 cm³/mol. The van der Waals surface area contributed by atoms with Gasteiger partial charge < -0.3 is 9.64 Å². The van der Waals surface area contributed by atoms with Gasteiger partial charge in [0.1, 0.15) is 0 Å². The van der Waals surface area contributed by atoms with Gasteiger partial charge in [0.25, 0.3) is 0 Å². The molecular weight excluding hydrogens is 162 g/mol. The van der Waals surface area contributed by atoms with Crippen LogP contribution in [0.4, 0.5) is 0 Å². The maximum Gasteiger partial charge on any atom is 0.0569 e. The topological polar surface area (TPSA) is 12.5 Å². The van der Waals surface area contributed by atoms with Crippen LogP contribution in [-0.2, 0) is 4.74 Å². The van der Waals surface area contributed by atoms with Gasteiger partial charge in [0.15, 0.2) is 0 Å². The highest BCUT2D eigenvalue weighted by atomic mass is 35.5. The Labute approximate surface area is 72.5 Å². The Morgan fingerprint density at radius 2 is 2.09 bits per heavy atom. The van der Waals surface area contributed by atoms with Crippen LogP contribution in [0, 0.1) is 5.41 Å². The van der Waals surface area contributed by atoms with E-state index in [4.69, 9.17) is 16.3 Å². The fraction of sp³-hybridized carbons (Fsp3) is 1.00. The first-order valence-corrected chi connectivity index (χ1v) is 4.74. The summed E-state index contributed by atoms with van der Waals surface area (Å²) in [7, 11) is 0. The third-order valence-corrected chi connectivity index (χ3v) is 2.81. The second-order valence-corrected chi connectivity index (χ2v) is 4.12. The average Bonchev–Trinajstić information content (AvgIpc) is 1.81. The highest BCUT2D eigenvalue weighted by Gasteiger charge is 2.48. The van der Waals surface area contributed by atoms with Crippen molar-refractivity contribution in [2.24, 2.45) is 5.41 Å². The second-order valence-electron chi connectivity index (χ2n) is 3.75. The number of hydrogen-bond donors (Lipinski definition) is 0. The van der Waals surface area contributed by atoms with E-state index >= 15 is 0 Å². The van der Waals surface area contributed by atoms with Crippen LogP contribution in [0.15, 0.2) is 0 Å². The number of halogens is 1. The normalized spacial score (nSPS) is 28.1. The summed E-state index contributed by atoms with van der Waals surface area (Å²) < 4.78 is 5.18. The lowest BCUT2D eigenvalue weighted by Crippen LogP contribution is -2.65. The molecule has 0 radical (unpaired) electrons. The van der Waals surface area contributed by atoms with Crippen molar-refractivity contribution in [1.29, 1.82) is 0 Å². The molecule has 2 heterocycles. The molecule has 0 N–H and O–H groups in total. The van der Waals surface area contributed by atoms with Crippen LogP contribution in [0.25, 0.3) is 0 Å².